The lowest BCUT2D eigenvalue weighted by Crippen LogP contribution is -2.37. The van der Waals surface area contributed by atoms with Crippen LogP contribution in [0.1, 0.15) is 36.9 Å². The standard InChI is InChI=1S/C11H16ClNOS/c1-11(2,3)13-7-6-8(14)9-4-5-10(12)15-9/h4-5,13H,6-7H2,1-3H3. The summed E-state index contributed by atoms with van der Waals surface area (Å²) >= 11 is 7.10. The average Bonchev–Trinajstić information content (AvgIpc) is 2.49. The number of carbonyl (C=O) groups excluding carboxylic acids is 1. The van der Waals surface area contributed by atoms with E-state index >= 15 is 0 Å². The minimum atomic E-state index is 0.0629. The van der Waals surface area contributed by atoms with E-state index in [1.807, 2.05) is 0 Å². The summed E-state index contributed by atoms with van der Waals surface area (Å²) in [4.78, 5) is 12.4. The minimum absolute atomic E-state index is 0.0629. The molecule has 0 unspecified atom stereocenters. The maximum atomic E-state index is 11.7. The molecule has 2 nitrogen and oxygen atoms in total. The second-order valence-corrected chi connectivity index (χ2v) is 6.17. The van der Waals surface area contributed by atoms with E-state index in [0.717, 1.165) is 4.88 Å². The molecular formula is C11H16ClNOS. The Morgan fingerprint density at radius 2 is 2.13 bits per heavy atom. The summed E-state index contributed by atoms with van der Waals surface area (Å²) in [6.45, 7) is 6.95. The van der Waals surface area contributed by atoms with Crippen molar-refractivity contribution in [1.29, 1.82) is 0 Å². The van der Waals surface area contributed by atoms with Gasteiger partial charge in [-0.1, -0.05) is 11.6 Å². The van der Waals surface area contributed by atoms with E-state index in [2.05, 4.69) is 26.1 Å². The fourth-order valence-corrected chi connectivity index (χ4v) is 2.15. The number of Topliss-reactive ketones (excluding diaryl/α,β-unsaturated/α-hetero) is 1. The number of thiophene rings is 1. The molecule has 0 aliphatic heterocycles. The monoisotopic (exact) mass is 245 g/mol. The van der Waals surface area contributed by atoms with Gasteiger partial charge in [0.1, 0.15) is 0 Å². The van der Waals surface area contributed by atoms with E-state index in [9.17, 15) is 4.79 Å². The molecule has 84 valence electrons. The van der Waals surface area contributed by atoms with Crippen LogP contribution in [0.5, 0.6) is 0 Å². The van der Waals surface area contributed by atoms with E-state index in [-0.39, 0.29) is 11.3 Å². The zero-order valence-electron chi connectivity index (χ0n) is 9.26. The molecule has 0 saturated heterocycles. The molecule has 0 aromatic carbocycles. The number of halogens is 1. The van der Waals surface area contributed by atoms with Gasteiger partial charge in [0, 0.05) is 18.5 Å². The molecule has 1 aromatic rings. The molecule has 0 radical (unpaired) electrons. The zero-order chi connectivity index (χ0) is 11.5. The predicted octanol–water partition coefficient (Wildman–Crippen LogP) is 3.36. The first-order valence-corrected chi connectivity index (χ1v) is 6.11. The summed E-state index contributed by atoms with van der Waals surface area (Å²) in [7, 11) is 0. The third-order valence-corrected chi connectivity index (χ3v) is 3.13. The molecule has 0 atom stereocenters. The maximum absolute atomic E-state index is 11.7. The SMILES string of the molecule is CC(C)(C)NCCC(=O)c1ccc(Cl)s1. The molecular weight excluding hydrogens is 230 g/mol. The van der Waals surface area contributed by atoms with Gasteiger partial charge in [0.05, 0.1) is 9.21 Å². The van der Waals surface area contributed by atoms with Crippen LogP contribution in [0.25, 0.3) is 0 Å². The van der Waals surface area contributed by atoms with E-state index in [1.165, 1.54) is 11.3 Å². The number of ketones is 1. The Hall–Kier alpha value is -0.380. The average molecular weight is 246 g/mol. The Kier molecular flexibility index (Phi) is 4.32. The summed E-state index contributed by atoms with van der Waals surface area (Å²) in [6, 6.07) is 3.54. The third kappa shape index (κ3) is 4.78. The molecule has 1 heterocycles. The van der Waals surface area contributed by atoms with Crippen LogP contribution in [-0.4, -0.2) is 17.9 Å². The summed E-state index contributed by atoms with van der Waals surface area (Å²) < 4.78 is 0.669. The van der Waals surface area contributed by atoms with Gasteiger partial charge in [-0.15, -0.1) is 11.3 Å². The van der Waals surface area contributed by atoms with Gasteiger partial charge in [-0.3, -0.25) is 4.79 Å². The van der Waals surface area contributed by atoms with Crippen molar-refractivity contribution in [2.24, 2.45) is 0 Å². The van der Waals surface area contributed by atoms with Crippen LogP contribution >= 0.6 is 22.9 Å². The van der Waals surface area contributed by atoms with Crippen LogP contribution in [0.15, 0.2) is 12.1 Å². The first-order valence-electron chi connectivity index (χ1n) is 4.92. The second-order valence-electron chi connectivity index (χ2n) is 4.45. The third-order valence-electron chi connectivity index (χ3n) is 1.86. The first-order chi connectivity index (χ1) is 6.88. The molecule has 1 rings (SSSR count). The van der Waals surface area contributed by atoms with Crippen molar-refractivity contribution in [2.45, 2.75) is 32.7 Å². The largest absolute Gasteiger partial charge is 0.312 e. The lowest BCUT2D eigenvalue weighted by Gasteiger charge is -2.19. The molecule has 0 aliphatic rings. The van der Waals surface area contributed by atoms with Crippen molar-refractivity contribution in [3.63, 3.8) is 0 Å². The molecule has 4 heteroatoms. The fraction of sp³-hybridized carbons (Fsp3) is 0.545. The molecule has 0 amide bonds. The topological polar surface area (TPSA) is 29.1 Å². The number of nitrogens with one attached hydrogen (secondary N) is 1. The lowest BCUT2D eigenvalue weighted by atomic mass is 10.1. The number of hydrogen-bond donors (Lipinski definition) is 1. The number of rotatable bonds is 4. The number of hydrogen-bond acceptors (Lipinski definition) is 3. The smallest absolute Gasteiger partial charge is 0.174 e. The van der Waals surface area contributed by atoms with Gasteiger partial charge in [0.2, 0.25) is 0 Å². The van der Waals surface area contributed by atoms with Gasteiger partial charge in [0.25, 0.3) is 0 Å². The normalized spacial score (nSPS) is 11.7. The summed E-state index contributed by atoms with van der Waals surface area (Å²) in [5.41, 5.74) is 0.0629. The molecule has 0 aliphatic carbocycles. The molecule has 0 bridgehead atoms. The van der Waals surface area contributed by atoms with Crippen molar-refractivity contribution >= 4 is 28.7 Å². The van der Waals surface area contributed by atoms with Crippen molar-refractivity contribution in [1.82, 2.24) is 5.32 Å². The Morgan fingerprint density at radius 1 is 1.47 bits per heavy atom. The number of carbonyl (C=O) groups is 1. The van der Waals surface area contributed by atoms with Gasteiger partial charge in [0.15, 0.2) is 5.78 Å². The van der Waals surface area contributed by atoms with Crippen LogP contribution in [0.4, 0.5) is 0 Å². The Balaban J connectivity index is 2.37. The zero-order valence-corrected chi connectivity index (χ0v) is 10.8. The van der Waals surface area contributed by atoms with Crippen molar-refractivity contribution in [3.8, 4) is 0 Å². The molecule has 1 aromatic heterocycles. The van der Waals surface area contributed by atoms with Crippen LogP contribution in [-0.2, 0) is 0 Å². The Labute approximate surface area is 99.6 Å². The van der Waals surface area contributed by atoms with Gasteiger partial charge in [-0.25, -0.2) is 0 Å². The highest BCUT2D eigenvalue weighted by atomic mass is 35.5. The fourth-order valence-electron chi connectivity index (χ4n) is 1.14. The summed E-state index contributed by atoms with van der Waals surface area (Å²) in [5, 5.41) is 3.28. The highest BCUT2D eigenvalue weighted by Crippen LogP contribution is 2.22. The summed E-state index contributed by atoms with van der Waals surface area (Å²) in [5.74, 6) is 0.156. The molecule has 15 heavy (non-hydrogen) atoms. The highest BCUT2D eigenvalue weighted by molar-refractivity contribution is 7.18. The van der Waals surface area contributed by atoms with Gasteiger partial charge < -0.3 is 5.32 Å². The van der Waals surface area contributed by atoms with Crippen molar-refractivity contribution in [3.05, 3.63) is 21.3 Å². The molecule has 0 spiro atoms. The van der Waals surface area contributed by atoms with Crippen molar-refractivity contribution in [2.75, 3.05) is 6.54 Å². The Bertz CT molecular complexity index is 341. The van der Waals surface area contributed by atoms with E-state index in [1.54, 1.807) is 12.1 Å². The van der Waals surface area contributed by atoms with Crippen LogP contribution in [0.3, 0.4) is 0 Å². The molecule has 1 N–H and O–H groups in total. The van der Waals surface area contributed by atoms with Gasteiger partial charge in [-0.05, 0) is 32.9 Å². The van der Waals surface area contributed by atoms with Gasteiger partial charge >= 0.3 is 0 Å². The van der Waals surface area contributed by atoms with Crippen LogP contribution in [0.2, 0.25) is 4.34 Å². The van der Waals surface area contributed by atoms with Crippen molar-refractivity contribution < 1.29 is 4.79 Å². The minimum Gasteiger partial charge on any atom is -0.312 e. The summed E-state index contributed by atoms with van der Waals surface area (Å²) in [6.07, 6.45) is 0.522. The predicted molar refractivity (Wildman–Crippen MR) is 66.0 cm³/mol. The molecule has 0 saturated carbocycles. The van der Waals surface area contributed by atoms with E-state index in [0.29, 0.717) is 17.3 Å². The molecule has 0 fully saturated rings. The highest BCUT2D eigenvalue weighted by Gasteiger charge is 2.11. The first kappa shape index (κ1) is 12.7. The van der Waals surface area contributed by atoms with Crippen LogP contribution in [0, 0.1) is 0 Å². The van der Waals surface area contributed by atoms with Crippen LogP contribution < -0.4 is 5.32 Å². The van der Waals surface area contributed by atoms with E-state index in [4.69, 9.17) is 11.6 Å². The Morgan fingerprint density at radius 3 is 2.60 bits per heavy atom. The quantitative estimate of drug-likeness (QED) is 0.825. The van der Waals surface area contributed by atoms with E-state index < -0.39 is 0 Å². The van der Waals surface area contributed by atoms with Gasteiger partial charge in [-0.2, -0.15) is 0 Å². The second kappa shape index (κ2) is 5.10. The lowest BCUT2D eigenvalue weighted by molar-refractivity contribution is 0.0984. The maximum Gasteiger partial charge on any atom is 0.174 e.